The first-order chi connectivity index (χ1) is 8.50. The molecule has 0 heterocycles. The molecule has 0 aromatic heterocycles. The highest BCUT2D eigenvalue weighted by Crippen LogP contribution is 2.32. The molecule has 92 valence electrons. The molecule has 0 atom stereocenters. The van der Waals surface area contributed by atoms with Gasteiger partial charge in [0.15, 0.2) is 0 Å². The van der Waals surface area contributed by atoms with Gasteiger partial charge in [-0.1, -0.05) is 12.1 Å². The average molecular weight is 245 g/mol. The van der Waals surface area contributed by atoms with E-state index in [1.54, 1.807) is 12.1 Å². The summed E-state index contributed by atoms with van der Waals surface area (Å²) >= 11 is 0. The first-order valence-corrected chi connectivity index (χ1v) is 5.15. The Balaban J connectivity index is 2.57. The average Bonchev–Trinajstić information content (AvgIpc) is 2.27. The number of phenols is 3. The molecule has 2 aromatic carbocycles. The van der Waals surface area contributed by atoms with E-state index >= 15 is 0 Å². The van der Waals surface area contributed by atoms with Crippen LogP contribution in [0.3, 0.4) is 0 Å². The highest BCUT2D eigenvalue weighted by molar-refractivity contribution is 6.15. The molecule has 18 heavy (non-hydrogen) atoms. The third-order valence-electron chi connectivity index (χ3n) is 2.51. The van der Waals surface area contributed by atoms with Crippen LogP contribution in [0.2, 0.25) is 0 Å². The molecule has 0 saturated heterocycles. The second-order valence-corrected chi connectivity index (χ2v) is 3.78. The lowest BCUT2D eigenvalue weighted by Gasteiger charge is -2.09. The molecule has 2 rings (SSSR count). The lowest BCUT2D eigenvalue weighted by atomic mass is 10.00. The summed E-state index contributed by atoms with van der Waals surface area (Å²) < 4.78 is 0. The maximum Gasteiger partial charge on any atom is 0.202 e. The Bertz CT molecular complexity index is 599. The molecule has 0 spiro atoms. The Morgan fingerprint density at radius 2 is 1.67 bits per heavy atom. The van der Waals surface area contributed by atoms with Crippen LogP contribution in [0.5, 0.6) is 17.2 Å². The zero-order valence-corrected chi connectivity index (χ0v) is 9.29. The fraction of sp³-hybridized carbons (Fsp3) is 0. The predicted molar refractivity (Wildman–Crippen MR) is 65.7 cm³/mol. The first-order valence-electron chi connectivity index (χ1n) is 5.15. The molecule has 5 N–H and O–H groups in total. The van der Waals surface area contributed by atoms with E-state index in [1.807, 2.05) is 0 Å². The number of carbonyl (C=O) groups excluding carboxylic acids is 1. The van der Waals surface area contributed by atoms with Crippen molar-refractivity contribution in [3.05, 3.63) is 47.5 Å². The lowest BCUT2D eigenvalue weighted by molar-refractivity contribution is 0.103. The van der Waals surface area contributed by atoms with Crippen molar-refractivity contribution in [2.45, 2.75) is 0 Å². The number of aromatic hydroxyl groups is 3. The van der Waals surface area contributed by atoms with Gasteiger partial charge in [0.2, 0.25) is 5.78 Å². The van der Waals surface area contributed by atoms with Crippen LogP contribution in [0.1, 0.15) is 15.9 Å². The zero-order chi connectivity index (χ0) is 13.3. The minimum Gasteiger partial charge on any atom is -0.508 e. The fourth-order valence-electron chi connectivity index (χ4n) is 1.68. The van der Waals surface area contributed by atoms with E-state index in [1.165, 1.54) is 12.1 Å². The minimum absolute atomic E-state index is 0.0326. The second kappa shape index (κ2) is 4.29. The van der Waals surface area contributed by atoms with Crippen molar-refractivity contribution in [2.75, 3.05) is 5.73 Å². The van der Waals surface area contributed by atoms with Crippen molar-refractivity contribution >= 4 is 11.5 Å². The highest BCUT2D eigenvalue weighted by Gasteiger charge is 2.20. The van der Waals surface area contributed by atoms with Gasteiger partial charge in [-0.3, -0.25) is 4.79 Å². The molecule has 5 nitrogen and oxygen atoms in total. The number of anilines is 1. The number of hydrogen-bond donors (Lipinski definition) is 4. The summed E-state index contributed by atoms with van der Waals surface area (Å²) in [6, 6.07) is 8.12. The molecular formula is C13H11NO4. The van der Waals surface area contributed by atoms with Gasteiger partial charge < -0.3 is 21.1 Å². The summed E-state index contributed by atoms with van der Waals surface area (Å²) in [5, 5.41) is 28.5. The number of ketones is 1. The Kier molecular flexibility index (Phi) is 2.81. The third-order valence-corrected chi connectivity index (χ3v) is 2.51. The van der Waals surface area contributed by atoms with Crippen LogP contribution in [-0.4, -0.2) is 21.1 Å². The van der Waals surface area contributed by atoms with E-state index in [-0.39, 0.29) is 28.3 Å². The molecule has 0 aliphatic heterocycles. The van der Waals surface area contributed by atoms with Crippen LogP contribution in [0.15, 0.2) is 36.4 Å². The minimum atomic E-state index is -0.608. The van der Waals surface area contributed by atoms with E-state index in [9.17, 15) is 20.1 Å². The highest BCUT2D eigenvalue weighted by atomic mass is 16.3. The number of para-hydroxylation sites is 1. The molecule has 2 aromatic rings. The standard InChI is InChI=1S/C13H11NO4/c14-9-5-7(15)6-11(17)12(9)13(18)8-3-1-2-4-10(8)16/h1-6,15-17H,14H2. The smallest absolute Gasteiger partial charge is 0.202 e. The maximum absolute atomic E-state index is 12.1. The van der Waals surface area contributed by atoms with E-state index < -0.39 is 11.5 Å². The second-order valence-electron chi connectivity index (χ2n) is 3.78. The van der Waals surface area contributed by atoms with Gasteiger partial charge in [0.25, 0.3) is 0 Å². The number of rotatable bonds is 2. The molecule has 0 bridgehead atoms. The van der Waals surface area contributed by atoms with Crippen molar-refractivity contribution in [1.29, 1.82) is 0 Å². The van der Waals surface area contributed by atoms with Gasteiger partial charge in [0.05, 0.1) is 16.8 Å². The summed E-state index contributed by atoms with van der Waals surface area (Å²) in [4.78, 5) is 12.1. The summed E-state index contributed by atoms with van der Waals surface area (Å²) in [6.07, 6.45) is 0. The van der Waals surface area contributed by atoms with Crippen LogP contribution in [0.25, 0.3) is 0 Å². The van der Waals surface area contributed by atoms with Crippen molar-refractivity contribution < 1.29 is 20.1 Å². The van der Waals surface area contributed by atoms with Gasteiger partial charge in [-0.2, -0.15) is 0 Å². The number of hydrogen-bond acceptors (Lipinski definition) is 5. The van der Waals surface area contributed by atoms with Crippen LogP contribution in [-0.2, 0) is 0 Å². The maximum atomic E-state index is 12.1. The van der Waals surface area contributed by atoms with Crippen LogP contribution < -0.4 is 5.73 Å². The van der Waals surface area contributed by atoms with Gasteiger partial charge in [0, 0.05) is 12.1 Å². The number of carbonyl (C=O) groups is 1. The summed E-state index contributed by atoms with van der Waals surface area (Å²) in [6.45, 7) is 0. The molecular weight excluding hydrogens is 234 g/mol. The van der Waals surface area contributed by atoms with E-state index in [0.29, 0.717) is 0 Å². The fourth-order valence-corrected chi connectivity index (χ4v) is 1.68. The zero-order valence-electron chi connectivity index (χ0n) is 9.29. The Morgan fingerprint density at radius 3 is 2.28 bits per heavy atom. The largest absolute Gasteiger partial charge is 0.508 e. The third kappa shape index (κ3) is 1.93. The molecule has 5 heteroatoms. The van der Waals surface area contributed by atoms with E-state index in [0.717, 1.165) is 12.1 Å². The van der Waals surface area contributed by atoms with Crippen molar-refractivity contribution in [3.8, 4) is 17.2 Å². The molecule has 0 radical (unpaired) electrons. The monoisotopic (exact) mass is 245 g/mol. The number of nitrogen functional groups attached to an aromatic ring is 1. The van der Waals surface area contributed by atoms with E-state index in [2.05, 4.69) is 0 Å². The van der Waals surface area contributed by atoms with Gasteiger partial charge in [-0.25, -0.2) is 0 Å². The number of phenolic OH excluding ortho intramolecular Hbond substituents is 3. The predicted octanol–water partition coefficient (Wildman–Crippen LogP) is 1.62. The SMILES string of the molecule is Nc1cc(O)cc(O)c1C(=O)c1ccccc1O. The molecule has 0 fully saturated rings. The molecule has 0 aliphatic rings. The number of benzene rings is 2. The molecule has 0 unspecified atom stereocenters. The van der Waals surface area contributed by atoms with Crippen LogP contribution >= 0.6 is 0 Å². The number of nitrogens with two attached hydrogens (primary N) is 1. The van der Waals surface area contributed by atoms with Gasteiger partial charge in [-0.15, -0.1) is 0 Å². The van der Waals surface area contributed by atoms with Crippen molar-refractivity contribution in [2.24, 2.45) is 0 Å². The first kappa shape index (κ1) is 11.8. The van der Waals surface area contributed by atoms with Crippen LogP contribution in [0.4, 0.5) is 5.69 Å². The lowest BCUT2D eigenvalue weighted by Crippen LogP contribution is -2.06. The van der Waals surface area contributed by atoms with Crippen molar-refractivity contribution in [3.63, 3.8) is 0 Å². The van der Waals surface area contributed by atoms with Gasteiger partial charge in [-0.05, 0) is 12.1 Å². The van der Waals surface area contributed by atoms with Crippen molar-refractivity contribution in [1.82, 2.24) is 0 Å². The topological polar surface area (TPSA) is 104 Å². The summed E-state index contributed by atoms with van der Waals surface area (Å²) in [5.74, 6) is -1.47. The van der Waals surface area contributed by atoms with Crippen LogP contribution in [0, 0.1) is 0 Å². The summed E-state index contributed by atoms with van der Waals surface area (Å²) in [5.41, 5.74) is 5.42. The van der Waals surface area contributed by atoms with Gasteiger partial charge >= 0.3 is 0 Å². The van der Waals surface area contributed by atoms with Gasteiger partial charge in [0.1, 0.15) is 17.2 Å². The normalized spacial score (nSPS) is 10.2. The summed E-state index contributed by atoms with van der Waals surface area (Å²) in [7, 11) is 0. The molecule has 0 amide bonds. The molecule has 0 saturated carbocycles. The van der Waals surface area contributed by atoms with E-state index in [4.69, 9.17) is 5.73 Å². The molecule has 0 aliphatic carbocycles. The quantitative estimate of drug-likeness (QED) is 0.475. The Morgan fingerprint density at radius 1 is 1.00 bits per heavy atom. The Labute approximate surface area is 103 Å². The Hall–Kier alpha value is -2.69.